The average molecular weight is 383 g/mol. The molecule has 7 heteroatoms. The quantitative estimate of drug-likeness (QED) is 0.679. The standard InChI is InChI=1S/C20H21N3O3S/c1-11(2)12-3-4-17-14(7-12)18(24)13(10-26-17)8-23-6-5-16-15(9-23)19(25)22-20(27)21-16/h3-4,7,10-11H,5-6,8-9H2,1-2H3,(H2,21,22,25,27). The molecule has 6 nitrogen and oxygen atoms in total. The van der Waals surface area contributed by atoms with Gasteiger partial charge in [-0.3, -0.25) is 19.5 Å². The fraction of sp³-hybridized carbons (Fsp3) is 0.350. The maximum atomic E-state index is 13.0. The van der Waals surface area contributed by atoms with Crippen LogP contribution >= 0.6 is 12.2 Å². The van der Waals surface area contributed by atoms with Gasteiger partial charge in [0.15, 0.2) is 10.2 Å². The van der Waals surface area contributed by atoms with Gasteiger partial charge in [-0.25, -0.2) is 0 Å². The Bertz CT molecular complexity index is 1190. The number of hydrogen-bond donors (Lipinski definition) is 2. The molecule has 1 aromatic carbocycles. The molecule has 3 aromatic rings. The van der Waals surface area contributed by atoms with Crippen LogP contribution in [0.3, 0.4) is 0 Å². The molecule has 0 unspecified atom stereocenters. The van der Waals surface area contributed by atoms with Crippen molar-refractivity contribution in [2.75, 3.05) is 6.54 Å². The topological polar surface area (TPSA) is 82.1 Å². The Hall–Kier alpha value is -2.51. The molecule has 0 spiro atoms. The number of nitrogens with one attached hydrogen (secondary N) is 2. The van der Waals surface area contributed by atoms with E-state index in [4.69, 9.17) is 16.6 Å². The molecule has 0 aliphatic carbocycles. The molecule has 140 valence electrons. The highest BCUT2D eigenvalue weighted by atomic mass is 32.1. The van der Waals surface area contributed by atoms with Gasteiger partial charge in [-0.15, -0.1) is 0 Å². The lowest BCUT2D eigenvalue weighted by molar-refractivity contribution is 0.239. The Morgan fingerprint density at radius 2 is 2.07 bits per heavy atom. The van der Waals surface area contributed by atoms with Gasteiger partial charge in [0.2, 0.25) is 0 Å². The Kier molecular flexibility index (Phi) is 4.57. The van der Waals surface area contributed by atoms with Crippen LogP contribution < -0.4 is 11.0 Å². The molecule has 27 heavy (non-hydrogen) atoms. The lowest BCUT2D eigenvalue weighted by atomic mass is 10.0. The minimum Gasteiger partial charge on any atom is -0.464 e. The molecule has 0 amide bonds. The molecular weight excluding hydrogens is 362 g/mol. The van der Waals surface area contributed by atoms with Crippen LogP contribution in [0.25, 0.3) is 11.0 Å². The smallest absolute Gasteiger partial charge is 0.256 e. The van der Waals surface area contributed by atoms with Gasteiger partial charge in [-0.1, -0.05) is 19.9 Å². The fourth-order valence-electron chi connectivity index (χ4n) is 3.55. The first-order valence-electron chi connectivity index (χ1n) is 9.03. The van der Waals surface area contributed by atoms with Gasteiger partial charge < -0.3 is 9.40 Å². The number of aromatic nitrogens is 2. The van der Waals surface area contributed by atoms with Crippen molar-refractivity contribution in [2.24, 2.45) is 0 Å². The Morgan fingerprint density at radius 3 is 2.85 bits per heavy atom. The van der Waals surface area contributed by atoms with Crippen molar-refractivity contribution in [1.29, 1.82) is 0 Å². The molecule has 0 saturated heterocycles. The first-order chi connectivity index (χ1) is 12.9. The highest BCUT2D eigenvalue weighted by Gasteiger charge is 2.21. The minimum atomic E-state index is -0.162. The number of benzene rings is 1. The molecular formula is C20H21N3O3S. The van der Waals surface area contributed by atoms with E-state index in [1.165, 1.54) is 6.26 Å². The summed E-state index contributed by atoms with van der Waals surface area (Å²) in [5, 5.41) is 0.609. The van der Waals surface area contributed by atoms with Gasteiger partial charge in [0.05, 0.1) is 17.2 Å². The molecule has 0 bridgehead atoms. The van der Waals surface area contributed by atoms with E-state index in [2.05, 4.69) is 28.7 Å². The average Bonchev–Trinajstić information content (AvgIpc) is 2.64. The summed E-state index contributed by atoms with van der Waals surface area (Å²) in [6.45, 7) is 5.85. The number of hydrogen-bond acceptors (Lipinski definition) is 5. The maximum absolute atomic E-state index is 13.0. The van der Waals surface area contributed by atoms with Gasteiger partial charge in [0, 0.05) is 37.3 Å². The van der Waals surface area contributed by atoms with Crippen molar-refractivity contribution < 1.29 is 4.42 Å². The van der Waals surface area contributed by atoms with Crippen LogP contribution in [0.5, 0.6) is 0 Å². The number of H-pyrrole nitrogens is 2. The lowest BCUT2D eigenvalue weighted by Crippen LogP contribution is -2.36. The number of aromatic amines is 2. The van der Waals surface area contributed by atoms with Crippen molar-refractivity contribution in [3.63, 3.8) is 0 Å². The van der Waals surface area contributed by atoms with Crippen LogP contribution in [0.2, 0.25) is 0 Å². The highest BCUT2D eigenvalue weighted by Crippen LogP contribution is 2.21. The Labute approximate surface area is 160 Å². The summed E-state index contributed by atoms with van der Waals surface area (Å²) in [4.78, 5) is 32.9. The third-order valence-electron chi connectivity index (χ3n) is 5.12. The first-order valence-corrected chi connectivity index (χ1v) is 9.44. The van der Waals surface area contributed by atoms with E-state index < -0.39 is 0 Å². The zero-order valence-electron chi connectivity index (χ0n) is 15.3. The van der Waals surface area contributed by atoms with E-state index in [1.54, 1.807) is 0 Å². The zero-order valence-corrected chi connectivity index (χ0v) is 16.1. The Balaban J connectivity index is 1.66. The molecule has 2 N–H and O–H groups in total. The van der Waals surface area contributed by atoms with Crippen LogP contribution in [0.1, 0.15) is 42.1 Å². The van der Waals surface area contributed by atoms with Crippen LogP contribution in [-0.4, -0.2) is 21.4 Å². The number of fused-ring (bicyclic) bond motifs is 2. The van der Waals surface area contributed by atoms with Crippen molar-refractivity contribution in [3.05, 3.63) is 72.2 Å². The predicted molar refractivity (Wildman–Crippen MR) is 107 cm³/mol. The van der Waals surface area contributed by atoms with Crippen molar-refractivity contribution in [1.82, 2.24) is 14.9 Å². The lowest BCUT2D eigenvalue weighted by Gasteiger charge is -2.27. The third-order valence-corrected chi connectivity index (χ3v) is 5.32. The molecule has 3 heterocycles. The van der Waals surface area contributed by atoms with E-state index in [9.17, 15) is 9.59 Å². The fourth-order valence-corrected chi connectivity index (χ4v) is 3.76. The summed E-state index contributed by atoms with van der Waals surface area (Å²) in [5.74, 6) is 0.341. The van der Waals surface area contributed by atoms with Crippen molar-refractivity contribution in [2.45, 2.75) is 39.3 Å². The third kappa shape index (κ3) is 3.40. The van der Waals surface area contributed by atoms with Gasteiger partial charge in [0.1, 0.15) is 5.58 Å². The number of rotatable bonds is 3. The maximum Gasteiger partial charge on any atom is 0.256 e. The first kappa shape index (κ1) is 17.9. The molecule has 4 rings (SSSR count). The van der Waals surface area contributed by atoms with E-state index in [1.807, 2.05) is 18.2 Å². The van der Waals surface area contributed by atoms with E-state index in [-0.39, 0.29) is 11.0 Å². The van der Waals surface area contributed by atoms with Gasteiger partial charge in [-0.2, -0.15) is 0 Å². The largest absolute Gasteiger partial charge is 0.464 e. The van der Waals surface area contributed by atoms with Crippen LogP contribution in [-0.2, 0) is 19.5 Å². The molecule has 2 aromatic heterocycles. The molecule has 0 fully saturated rings. The molecule has 0 radical (unpaired) electrons. The summed E-state index contributed by atoms with van der Waals surface area (Å²) < 4.78 is 6.04. The summed E-state index contributed by atoms with van der Waals surface area (Å²) in [7, 11) is 0. The van der Waals surface area contributed by atoms with Gasteiger partial charge in [0.25, 0.3) is 5.56 Å². The SMILES string of the molecule is CC(C)c1ccc2occ(CN3CCc4[nH]c(=S)[nH]c(=O)c4C3)c(=O)c2c1. The monoisotopic (exact) mass is 383 g/mol. The van der Waals surface area contributed by atoms with Gasteiger partial charge >= 0.3 is 0 Å². The normalized spacial score (nSPS) is 14.6. The van der Waals surface area contributed by atoms with Crippen LogP contribution in [0, 0.1) is 4.77 Å². The van der Waals surface area contributed by atoms with E-state index in [0.29, 0.717) is 52.3 Å². The summed E-state index contributed by atoms with van der Waals surface area (Å²) in [5.41, 5.74) is 3.71. The number of nitrogens with zero attached hydrogens (tertiary/aromatic N) is 1. The summed E-state index contributed by atoms with van der Waals surface area (Å²) in [6, 6.07) is 5.77. The molecule has 1 aliphatic heterocycles. The van der Waals surface area contributed by atoms with E-state index >= 15 is 0 Å². The zero-order chi connectivity index (χ0) is 19.1. The summed E-state index contributed by atoms with van der Waals surface area (Å²) in [6.07, 6.45) is 2.23. The summed E-state index contributed by atoms with van der Waals surface area (Å²) >= 11 is 5.03. The van der Waals surface area contributed by atoms with Gasteiger partial charge in [-0.05, 0) is 35.8 Å². The van der Waals surface area contributed by atoms with Crippen LogP contribution in [0.4, 0.5) is 0 Å². The van der Waals surface area contributed by atoms with E-state index in [0.717, 1.165) is 17.8 Å². The second-order valence-corrected chi connectivity index (χ2v) is 7.73. The van der Waals surface area contributed by atoms with Crippen molar-refractivity contribution in [3.8, 4) is 0 Å². The molecule has 1 aliphatic rings. The van der Waals surface area contributed by atoms with Crippen molar-refractivity contribution >= 4 is 23.2 Å². The second kappa shape index (κ2) is 6.90. The van der Waals surface area contributed by atoms with Crippen LogP contribution in [0.15, 0.2) is 38.5 Å². The minimum absolute atomic E-state index is 0.00840. The molecule has 0 saturated carbocycles. The second-order valence-electron chi connectivity index (χ2n) is 7.33. The highest BCUT2D eigenvalue weighted by molar-refractivity contribution is 7.71. The Morgan fingerprint density at radius 1 is 1.26 bits per heavy atom. The molecule has 0 atom stereocenters. The predicted octanol–water partition coefficient (Wildman–Crippen LogP) is 3.22.